The van der Waals surface area contributed by atoms with Crippen LogP contribution in [0, 0.1) is 5.82 Å². The first-order valence-electron chi connectivity index (χ1n) is 6.94. The van der Waals surface area contributed by atoms with Crippen molar-refractivity contribution < 1.29 is 34.4 Å². The fourth-order valence-corrected chi connectivity index (χ4v) is 3.75. The molecular weight excluding hydrogens is 493 g/mol. The van der Waals surface area contributed by atoms with E-state index < -0.39 is 22.5 Å². The smallest absolute Gasteiger partial charge is 0.261 e. The summed E-state index contributed by atoms with van der Waals surface area (Å²) in [5.74, 6) is -1.59. The number of carbonyl (C=O) groups excluding carboxylic acids is 2. The molecule has 0 spiro atoms. The normalized spacial score (nSPS) is 17.7. The van der Waals surface area contributed by atoms with Crippen LogP contribution in [-0.4, -0.2) is 11.8 Å². The SMILES string of the molecule is O=C1C2=C(CCCC2)C(=O)N1c1cc2[n-]c(=O)sc2cc1F.[Re]. The van der Waals surface area contributed by atoms with Crippen molar-refractivity contribution >= 4 is 39.1 Å². The van der Waals surface area contributed by atoms with Gasteiger partial charge in [-0.15, -0.1) is 16.9 Å². The summed E-state index contributed by atoms with van der Waals surface area (Å²) in [6, 6.07) is 2.46. The maximum atomic E-state index is 14.3. The third kappa shape index (κ3) is 2.42. The molecule has 0 fully saturated rings. The summed E-state index contributed by atoms with van der Waals surface area (Å²) in [5.41, 5.74) is 1.18. The molecule has 2 amide bonds. The third-order valence-corrected chi connectivity index (χ3v) is 4.88. The van der Waals surface area contributed by atoms with Gasteiger partial charge in [-0.1, -0.05) is 0 Å². The van der Waals surface area contributed by atoms with Gasteiger partial charge in [0.05, 0.1) is 5.69 Å². The summed E-state index contributed by atoms with van der Waals surface area (Å²) < 4.78 is 14.7. The molecule has 8 heteroatoms. The minimum absolute atomic E-state index is 0. The Bertz CT molecular complexity index is 902. The largest absolute Gasteiger partial charge is 0.613 e. The molecule has 1 aromatic carbocycles. The van der Waals surface area contributed by atoms with Gasteiger partial charge in [0, 0.05) is 36.3 Å². The zero-order valence-corrected chi connectivity index (χ0v) is 15.3. The first kappa shape index (κ1) is 16.2. The number of thiazole rings is 1. The first-order chi connectivity index (χ1) is 10.6. The predicted octanol–water partition coefficient (Wildman–Crippen LogP) is 2.10. The molecule has 119 valence electrons. The van der Waals surface area contributed by atoms with Crippen molar-refractivity contribution in [1.82, 2.24) is 4.98 Å². The Hall–Kier alpha value is -1.62. The Morgan fingerprint density at radius 2 is 1.65 bits per heavy atom. The van der Waals surface area contributed by atoms with Crippen molar-refractivity contribution in [3.05, 3.63) is 38.8 Å². The number of anilines is 1. The quantitative estimate of drug-likeness (QED) is 0.559. The number of benzene rings is 1. The molecule has 2 aromatic rings. The van der Waals surface area contributed by atoms with Crippen LogP contribution in [-0.2, 0) is 30.0 Å². The molecule has 0 bridgehead atoms. The minimum atomic E-state index is -0.697. The van der Waals surface area contributed by atoms with Crippen LogP contribution < -0.4 is 14.8 Å². The van der Waals surface area contributed by atoms with Crippen LogP contribution in [0.1, 0.15) is 25.7 Å². The van der Waals surface area contributed by atoms with Gasteiger partial charge in [-0.2, -0.15) is 0 Å². The number of aromatic nitrogens is 1. The van der Waals surface area contributed by atoms with Gasteiger partial charge >= 0.3 is 0 Å². The summed E-state index contributed by atoms with van der Waals surface area (Å²) in [4.78, 5) is 40.4. The van der Waals surface area contributed by atoms with Crippen molar-refractivity contribution in [2.24, 2.45) is 0 Å². The van der Waals surface area contributed by atoms with E-state index in [0.29, 0.717) is 34.2 Å². The van der Waals surface area contributed by atoms with Gasteiger partial charge in [0.1, 0.15) is 10.7 Å². The predicted molar refractivity (Wildman–Crippen MR) is 79.4 cm³/mol. The van der Waals surface area contributed by atoms with Crippen LogP contribution in [0.5, 0.6) is 0 Å². The third-order valence-electron chi connectivity index (χ3n) is 4.07. The fourth-order valence-electron chi connectivity index (χ4n) is 3.05. The maximum Gasteiger partial charge on any atom is 0.261 e. The van der Waals surface area contributed by atoms with Crippen LogP contribution in [0.2, 0.25) is 0 Å². The second kappa shape index (κ2) is 5.78. The van der Waals surface area contributed by atoms with Crippen LogP contribution in [0.25, 0.3) is 10.2 Å². The monoisotopic (exact) mass is 504 g/mol. The van der Waals surface area contributed by atoms with E-state index >= 15 is 0 Å². The van der Waals surface area contributed by atoms with E-state index in [1.165, 1.54) is 6.07 Å². The minimum Gasteiger partial charge on any atom is -0.613 e. The fraction of sp³-hybridized carbons (Fsp3) is 0.267. The standard InChI is InChI=1S/C15H11FN2O3S.Re/c16-9-5-12-10(17-15(21)22-12)6-11(9)18-13(19)7-3-1-2-4-8(7)14(18)20;/h5-6H,1-4H2,(H,17,21);/p-1. The van der Waals surface area contributed by atoms with Gasteiger partial charge in [0.2, 0.25) is 0 Å². The number of carbonyl (C=O) groups is 2. The maximum absolute atomic E-state index is 14.3. The number of hydrogen-bond acceptors (Lipinski definition) is 4. The van der Waals surface area contributed by atoms with Gasteiger partial charge in [-0.05, 0) is 37.8 Å². The Kier molecular flexibility index (Phi) is 4.09. The number of amides is 2. The Morgan fingerprint density at radius 3 is 2.26 bits per heavy atom. The molecular formula is C15H10FN2O3ReS-. The first-order valence-corrected chi connectivity index (χ1v) is 7.76. The molecule has 1 aliphatic carbocycles. The molecule has 0 unspecified atom stereocenters. The summed E-state index contributed by atoms with van der Waals surface area (Å²) in [7, 11) is 0. The zero-order chi connectivity index (χ0) is 15.4. The second-order valence-corrected chi connectivity index (χ2v) is 6.35. The van der Waals surface area contributed by atoms with Gasteiger partial charge in [-0.3, -0.25) is 9.59 Å². The number of nitrogens with zero attached hydrogens (tertiary/aromatic N) is 2. The molecule has 1 radical (unpaired) electrons. The van der Waals surface area contributed by atoms with E-state index in [1.54, 1.807) is 0 Å². The van der Waals surface area contributed by atoms with E-state index in [9.17, 15) is 18.8 Å². The molecule has 0 saturated heterocycles. The molecule has 5 nitrogen and oxygen atoms in total. The molecule has 0 saturated carbocycles. The number of fused-ring (bicyclic) bond motifs is 1. The van der Waals surface area contributed by atoms with Crippen molar-refractivity contribution in [3.63, 3.8) is 0 Å². The molecule has 2 heterocycles. The van der Waals surface area contributed by atoms with E-state index in [4.69, 9.17) is 0 Å². The van der Waals surface area contributed by atoms with Gasteiger partial charge < -0.3 is 9.78 Å². The Morgan fingerprint density at radius 1 is 1.04 bits per heavy atom. The average molecular weight is 504 g/mol. The number of imide groups is 1. The molecule has 4 rings (SSSR count). The van der Waals surface area contributed by atoms with Gasteiger partial charge in [-0.25, -0.2) is 9.29 Å². The molecule has 0 N–H and O–H groups in total. The summed E-state index contributed by atoms with van der Waals surface area (Å²) >= 11 is 0.834. The Labute approximate surface area is 147 Å². The second-order valence-electron chi connectivity index (χ2n) is 5.36. The summed E-state index contributed by atoms with van der Waals surface area (Å²) in [6.45, 7) is 0. The average Bonchev–Trinajstić information content (AvgIpc) is 2.97. The van der Waals surface area contributed by atoms with E-state index in [0.717, 1.165) is 35.1 Å². The van der Waals surface area contributed by atoms with Crippen molar-refractivity contribution in [2.45, 2.75) is 25.7 Å². The molecule has 0 atom stereocenters. The van der Waals surface area contributed by atoms with Gasteiger partial charge in [0.15, 0.2) is 0 Å². The van der Waals surface area contributed by atoms with Crippen molar-refractivity contribution in [2.75, 3.05) is 4.90 Å². The van der Waals surface area contributed by atoms with Crippen LogP contribution in [0.3, 0.4) is 0 Å². The molecule has 1 aromatic heterocycles. The van der Waals surface area contributed by atoms with Crippen LogP contribution in [0.4, 0.5) is 10.1 Å². The summed E-state index contributed by atoms with van der Waals surface area (Å²) in [5, 5.41) is 0. The van der Waals surface area contributed by atoms with E-state index in [2.05, 4.69) is 4.98 Å². The van der Waals surface area contributed by atoms with Crippen LogP contribution >= 0.6 is 11.3 Å². The molecule has 23 heavy (non-hydrogen) atoms. The van der Waals surface area contributed by atoms with Crippen molar-refractivity contribution in [3.8, 4) is 0 Å². The van der Waals surface area contributed by atoms with E-state index in [1.807, 2.05) is 0 Å². The Balaban J connectivity index is 0.00000156. The number of halogens is 1. The molecule has 1 aliphatic heterocycles. The van der Waals surface area contributed by atoms with Crippen molar-refractivity contribution in [1.29, 1.82) is 0 Å². The van der Waals surface area contributed by atoms with Gasteiger partial charge in [0.25, 0.3) is 11.8 Å². The number of rotatable bonds is 1. The zero-order valence-electron chi connectivity index (χ0n) is 11.8. The van der Waals surface area contributed by atoms with Crippen LogP contribution in [0.15, 0.2) is 28.1 Å². The van der Waals surface area contributed by atoms with E-state index in [-0.39, 0.29) is 26.1 Å². The number of hydrogen-bond donors (Lipinski definition) is 0. The summed E-state index contributed by atoms with van der Waals surface area (Å²) in [6.07, 6.45) is 2.83. The topological polar surface area (TPSA) is 68.6 Å². The molecule has 2 aliphatic rings.